The van der Waals surface area contributed by atoms with Crippen LogP contribution >= 0.6 is 0 Å². The fraction of sp³-hybridized carbons (Fsp3) is 0.360. The third kappa shape index (κ3) is 5.21. The second-order valence-corrected chi connectivity index (χ2v) is 8.88. The van der Waals surface area contributed by atoms with Crippen molar-refractivity contribution in [2.45, 2.75) is 51.8 Å². The summed E-state index contributed by atoms with van der Waals surface area (Å²) in [6.07, 6.45) is -5.07. The lowest BCUT2D eigenvalue weighted by Crippen LogP contribution is -2.50. The Bertz CT molecular complexity index is 1020. The first kappa shape index (κ1) is 23.6. The van der Waals surface area contributed by atoms with Crippen molar-refractivity contribution in [1.82, 2.24) is 4.90 Å². The van der Waals surface area contributed by atoms with E-state index in [1.54, 1.807) is 43.3 Å². The molecule has 0 saturated carbocycles. The number of hydrogen-bond acceptors (Lipinski definition) is 3. The molecule has 1 aliphatic heterocycles. The van der Waals surface area contributed by atoms with Gasteiger partial charge in [-0.05, 0) is 56.9 Å². The molecule has 0 fully saturated rings. The minimum atomic E-state index is -4.91. The number of imide groups is 1. The zero-order valence-corrected chi connectivity index (χ0v) is 18.4. The maximum atomic E-state index is 14.0. The fourth-order valence-corrected chi connectivity index (χ4v) is 3.87. The molecule has 1 heterocycles. The topological polar surface area (TPSA) is 46.6 Å². The van der Waals surface area contributed by atoms with Gasteiger partial charge in [-0.3, -0.25) is 4.79 Å². The minimum Gasteiger partial charge on any atom is -0.443 e. The van der Waals surface area contributed by atoms with Crippen LogP contribution < -0.4 is 0 Å². The molecule has 7 heteroatoms. The van der Waals surface area contributed by atoms with Crippen LogP contribution in [0.5, 0.6) is 0 Å². The van der Waals surface area contributed by atoms with Crippen LogP contribution in [-0.4, -0.2) is 28.7 Å². The predicted molar refractivity (Wildman–Crippen MR) is 115 cm³/mol. The fourth-order valence-electron chi connectivity index (χ4n) is 3.87. The summed E-state index contributed by atoms with van der Waals surface area (Å²) in [5.74, 6) is -2.68. The molecule has 1 aliphatic rings. The van der Waals surface area contributed by atoms with Gasteiger partial charge in [0.25, 0.3) is 0 Å². The number of alkyl halides is 3. The summed E-state index contributed by atoms with van der Waals surface area (Å²) in [7, 11) is 0. The van der Waals surface area contributed by atoms with Crippen molar-refractivity contribution >= 4 is 12.0 Å². The van der Waals surface area contributed by atoms with Gasteiger partial charge in [0.15, 0.2) is 0 Å². The number of benzene rings is 2. The number of aryl methyl sites for hydroxylation is 1. The van der Waals surface area contributed by atoms with Crippen molar-refractivity contribution in [2.75, 3.05) is 0 Å². The summed E-state index contributed by atoms with van der Waals surface area (Å²) in [6.45, 7) is 6.40. The third-order valence-electron chi connectivity index (χ3n) is 5.26. The molecule has 3 rings (SSSR count). The molecular formula is C25H26F3NO3. The second-order valence-electron chi connectivity index (χ2n) is 8.88. The molecule has 32 heavy (non-hydrogen) atoms. The van der Waals surface area contributed by atoms with E-state index < -0.39 is 41.3 Å². The normalized spacial score (nSPS) is 19.5. The lowest BCUT2D eigenvalue weighted by Gasteiger charge is -2.38. The molecule has 2 aromatic carbocycles. The van der Waals surface area contributed by atoms with Crippen LogP contribution in [-0.2, 0) is 16.0 Å². The molecule has 4 nitrogen and oxygen atoms in total. The first-order valence-corrected chi connectivity index (χ1v) is 10.3. The lowest BCUT2D eigenvalue weighted by molar-refractivity contribution is -0.147. The Labute approximate surface area is 185 Å². The second kappa shape index (κ2) is 8.81. The van der Waals surface area contributed by atoms with Crippen molar-refractivity contribution < 1.29 is 27.5 Å². The van der Waals surface area contributed by atoms with E-state index >= 15 is 0 Å². The molecule has 0 aliphatic carbocycles. The zero-order valence-electron chi connectivity index (χ0n) is 18.4. The SMILES string of the molecule is Cc1ccccc1[C@H]1C=C(C(F)(F)F)N(C(=O)OC(C)(C)C)C(=O)[C@H]1Cc1ccccc1. The van der Waals surface area contributed by atoms with Crippen LogP contribution in [0.15, 0.2) is 66.4 Å². The molecule has 0 aromatic heterocycles. The van der Waals surface area contributed by atoms with E-state index in [-0.39, 0.29) is 11.3 Å². The first-order valence-electron chi connectivity index (χ1n) is 10.3. The Morgan fingerprint density at radius 3 is 2.16 bits per heavy atom. The van der Waals surface area contributed by atoms with Crippen molar-refractivity contribution in [3.63, 3.8) is 0 Å². The number of amides is 2. The number of carbonyl (C=O) groups excluding carboxylic acids is 2. The Hall–Kier alpha value is -3.09. The highest BCUT2D eigenvalue weighted by Gasteiger charge is 2.51. The monoisotopic (exact) mass is 445 g/mol. The summed E-state index contributed by atoms with van der Waals surface area (Å²) in [5.41, 5.74) is -0.193. The highest BCUT2D eigenvalue weighted by Crippen LogP contribution is 2.43. The smallest absolute Gasteiger partial charge is 0.431 e. The van der Waals surface area contributed by atoms with Gasteiger partial charge in [-0.25, -0.2) is 9.69 Å². The van der Waals surface area contributed by atoms with E-state index in [0.29, 0.717) is 5.56 Å². The Morgan fingerprint density at radius 2 is 1.59 bits per heavy atom. The van der Waals surface area contributed by atoms with E-state index in [4.69, 9.17) is 4.74 Å². The van der Waals surface area contributed by atoms with Gasteiger partial charge in [0.2, 0.25) is 5.91 Å². The summed E-state index contributed by atoms with van der Waals surface area (Å²) in [4.78, 5) is 26.4. The number of ether oxygens (including phenoxy) is 1. The zero-order chi connectivity index (χ0) is 23.7. The largest absolute Gasteiger partial charge is 0.443 e. The quantitative estimate of drug-likeness (QED) is 0.568. The predicted octanol–water partition coefficient (Wildman–Crippen LogP) is 6.16. The molecule has 2 atom stereocenters. The Morgan fingerprint density at radius 1 is 1.00 bits per heavy atom. The Balaban J connectivity index is 2.16. The molecule has 0 bridgehead atoms. The summed E-state index contributed by atoms with van der Waals surface area (Å²) >= 11 is 0. The molecule has 2 amide bonds. The molecule has 2 aromatic rings. The number of rotatable bonds is 3. The number of halogens is 3. The van der Waals surface area contributed by atoms with Gasteiger partial charge in [0, 0.05) is 5.92 Å². The molecule has 0 N–H and O–H groups in total. The van der Waals surface area contributed by atoms with Crippen LogP contribution in [0, 0.1) is 12.8 Å². The van der Waals surface area contributed by atoms with Gasteiger partial charge in [-0.1, -0.05) is 54.6 Å². The number of carbonyl (C=O) groups is 2. The first-order chi connectivity index (χ1) is 14.9. The summed E-state index contributed by atoms with van der Waals surface area (Å²) in [6, 6.07) is 16.1. The standard InChI is InChI=1S/C25H26F3NO3/c1-16-10-8-9-13-18(16)19-15-21(25(26,27)28)29(23(31)32-24(2,3)4)22(30)20(19)14-17-11-6-5-7-12-17/h5-13,15,19-20H,14H2,1-4H3/t19-,20+/m1/s1. The molecule has 0 saturated heterocycles. The van der Waals surface area contributed by atoms with Crippen molar-refractivity contribution in [3.8, 4) is 0 Å². The van der Waals surface area contributed by atoms with E-state index in [9.17, 15) is 22.8 Å². The van der Waals surface area contributed by atoms with Gasteiger partial charge in [-0.15, -0.1) is 0 Å². The van der Waals surface area contributed by atoms with Crippen LogP contribution in [0.1, 0.15) is 43.4 Å². The van der Waals surface area contributed by atoms with Crippen molar-refractivity contribution in [2.24, 2.45) is 5.92 Å². The van der Waals surface area contributed by atoms with Gasteiger partial charge in [0.05, 0.1) is 5.92 Å². The van der Waals surface area contributed by atoms with Crippen LogP contribution in [0.2, 0.25) is 0 Å². The molecule has 0 unspecified atom stereocenters. The average Bonchev–Trinajstić information content (AvgIpc) is 2.68. The summed E-state index contributed by atoms with van der Waals surface area (Å²) < 4.78 is 47.3. The van der Waals surface area contributed by atoms with Crippen LogP contribution in [0.4, 0.5) is 18.0 Å². The summed E-state index contributed by atoms with van der Waals surface area (Å²) in [5, 5.41) is 0. The van der Waals surface area contributed by atoms with Gasteiger partial charge < -0.3 is 4.74 Å². The molecule has 0 radical (unpaired) electrons. The maximum absolute atomic E-state index is 14.0. The Kier molecular flexibility index (Phi) is 6.49. The van der Waals surface area contributed by atoms with E-state index in [1.165, 1.54) is 20.8 Å². The van der Waals surface area contributed by atoms with Gasteiger partial charge in [0.1, 0.15) is 11.3 Å². The lowest BCUT2D eigenvalue weighted by atomic mass is 9.77. The number of hydrogen-bond donors (Lipinski definition) is 0. The maximum Gasteiger partial charge on any atom is 0.431 e. The highest BCUT2D eigenvalue weighted by molar-refractivity contribution is 5.97. The van der Waals surface area contributed by atoms with Gasteiger partial charge >= 0.3 is 12.3 Å². The highest BCUT2D eigenvalue weighted by atomic mass is 19.4. The van der Waals surface area contributed by atoms with Crippen molar-refractivity contribution in [3.05, 3.63) is 83.1 Å². The average molecular weight is 445 g/mol. The van der Waals surface area contributed by atoms with E-state index in [2.05, 4.69) is 0 Å². The van der Waals surface area contributed by atoms with Crippen molar-refractivity contribution in [1.29, 1.82) is 0 Å². The molecule has 0 spiro atoms. The third-order valence-corrected chi connectivity index (χ3v) is 5.26. The number of allylic oxidation sites excluding steroid dienone is 2. The van der Waals surface area contributed by atoms with E-state index in [1.807, 2.05) is 18.2 Å². The van der Waals surface area contributed by atoms with Gasteiger partial charge in [-0.2, -0.15) is 13.2 Å². The van der Waals surface area contributed by atoms with Crippen LogP contribution in [0.25, 0.3) is 0 Å². The number of nitrogens with zero attached hydrogens (tertiary/aromatic N) is 1. The minimum absolute atomic E-state index is 0.160. The molecule has 170 valence electrons. The van der Waals surface area contributed by atoms with E-state index in [0.717, 1.165) is 17.2 Å². The molecular weight excluding hydrogens is 419 g/mol. The van der Waals surface area contributed by atoms with Crippen LogP contribution in [0.3, 0.4) is 0 Å².